The van der Waals surface area contributed by atoms with Crippen LogP contribution in [0.25, 0.3) is 6.08 Å². The molecule has 0 unspecified atom stereocenters. The largest absolute Gasteiger partial charge is 0.364 e. The maximum absolute atomic E-state index is 12.9. The SMILES string of the molecule is Cc1ccc(CN2C(=O)N/C(=C\c3ccc4c(c3)[C@H](C)CC(C)(C)N4C(C)C)C2=O)cc1. The fraction of sp³-hybridized carbons (Fsp3) is 0.407. The number of aryl methyl sites for hydroxylation is 1. The summed E-state index contributed by atoms with van der Waals surface area (Å²) >= 11 is 0. The minimum absolute atomic E-state index is 0.0897. The zero-order valence-corrected chi connectivity index (χ0v) is 19.9. The van der Waals surface area contributed by atoms with Crippen molar-refractivity contribution in [3.8, 4) is 0 Å². The molecule has 0 aromatic heterocycles. The second kappa shape index (κ2) is 8.12. The Morgan fingerprint density at radius 1 is 1.12 bits per heavy atom. The predicted molar refractivity (Wildman–Crippen MR) is 129 cm³/mol. The highest BCUT2D eigenvalue weighted by molar-refractivity contribution is 6.13. The van der Waals surface area contributed by atoms with Crippen LogP contribution >= 0.6 is 0 Å². The molecule has 0 spiro atoms. The van der Waals surface area contributed by atoms with Crippen LogP contribution in [0.1, 0.15) is 69.2 Å². The van der Waals surface area contributed by atoms with Crippen molar-refractivity contribution in [3.63, 3.8) is 0 Å². The van der Waals surface area contributed by atoms with Crippen molar-refractivity contribution in [1.82, 2.24) is 10.2 Å². The predicted octanol–water partition coefficient (Wildman–Crippen LogP) is 5.59. The Morgan fingerprint density at radius 2 is 1.81 bits per heavy atom. The van der Waals surface area contributed by atoms with Crippen molar-refractivity contribution in [3.05, 3.63) is 70.4 Å². The van der Waals surface area contributed by atoms with Gasteiger partial charge in [0.15, 0.2) is 0 Å². The average molecular weight is 432 g/mol. The minimum atomic E-state index is -0.374. The summed E-state index contributed by atoms with van der Waals surface area (Å²) in [5.74, 6) is 0.131. The maximum Gasteiger partial charge on any atom is 0.329 e. The molecule has 0 saturated carbocycles. The van der Waals surface area contributed by atoms with Crippen LogP contribution in [0, 0.1) is 6.92 Å². The summed E-state index contributed by atoms with van der Waals surface area (Å²) in [6.45, 7) is 13.6. The molecule has 1 fully saturated rings. The molecule has 168 valence electrons. The molecule has 0 radical (unpaired) electrons. The third kappa shape index (κ3) is 4.04. The van der Waals surface area contributed by atoms with E-state index in [1.54, 1.807) is 6.08 Å². The Bertz CT molecular complexity index is 1080. The Morgan fingerprint density at radius 3 is 2.47 bits per heavy atom. The summed E-state index contributed by atoms with van der Waals surface area (Å²) < 4.78 is 0. The number of anilines is 1. The zero-order valence-electron chi connectivity index (χ0n) is 19.9. The number of carbonyl (C=O) groups is 2. The number of carbonyl (C=O) groups excluding carboxylic acids is 2. The Hall–Kier alpha value is -3.08. The molecule has 5 nitrogen and oxygen atoms in total. The zero-order chi connectivity index (χ0) is 23.2. The number of rotatable bonds is 4. The van der Waals surface area contributed by atoms with E-state index >= 15 is 0 Å². The molecule has 1 N–H and O–H groups in total. The van der Waals surface area contributed by atoms with Crippen LogP contribution in [-0.2, 0) is 11.3 Å². The van der Waals surface area contributed by atoms with Crippen LogP contribution in [0.4, 0.5) is 10.5 Å². The van der Waals surface area contributed by atoms with Gasteiger partial charge >= 0.3 is 6.03 Å². The molecule has 2 aromatic rings. The first-order valence-corrected chi connectivity index (χ1v) is 11.4. The maximum atomic E-state index is 12.9. The summed E-state index contributed by atoms with van der Waals surface area (Å²) in [4.78, 5) is 29.2. The van der Waals surface area contributed by atoms with Gasteiger partial charge in [-0.05, 0) is 81.9 Å². The summed E-state index contributed by atoms with van der Waals surface area (Å²) in [6.07, 6.45) is 2.86. The molecule has 2 heterocycles. The summed E-state index contributed by atoms with van der Waals surface area (Å²) in [5.41, 5.74) is 5.97. The van der Waals surface area contributed by atoms with Gasteiger partial charge in [-0.25, -0.2) is 4.79 Å². The molecule has 4 rings (SSSR count). The van der Waals surface area contributed by atoms with Crippen molar-refractivity contribution in [2.45, 2.75) is 72.0 Å². The number of benzene rings is 2. The first-order chi connectivity index (χ1) is 15.1. The lowest BCUT2D eigenvalue weighted by molar-refractivity contribution is -0.123. The fourth-order valence-electron chi connectivity index (χ4n) is 5.30. The van der Waals surface area contributed by atoms with Crippen molar-refractivity contribution in [1.29, 1.82) is 0 Å². The number of nitrogens with zero attached hydrogens (tertiary/aromatic N) is 2. The second-order valence-corrected chi connectivity index (χ2v) is 10.1. The van der Waals surface area contributed by atoms with Crippen molar-refractivity contribution < 1.29 is 9.59 Å². The molecule has 0 bridgehead atoms. The van der Waals surface area contributed by atoms with E-state index in [0.717, 1.165) is 23.1 Å². The standard InChI is InChI=1S/C27H33N3O2/c1-17(2)30-24-12-11-21(13-22(24)19(4)15-27(30,5)6)14-23-25(31)29(26(32)28-23)16-20-9-7-18(3)8-10-20/h7-14,17,19H,15-16H2,1-6H3,(H,28,32)/b23-14-/t19-/m1/s1. The van der Waals surface area contributed by atoms with Crippen LogP contribution in [0.5, 0.6) is 0 Å². The first-order valence-electron chi connectivity index (χ1n) is 11.4. The smallest absolute Gasteiger partial charge is 0.329 e. The monoisotopic (exact) mass is 431 g/mol. The molecule has 0 aliphatic carbocycles. The molecule has 5 heteroatoms. The van der Waals surface area contributed by atoms with Gasteiger partial charge in [-0.3, -0.25) is 9.69 Å². The molecule has 1 saturated heterocycles. The third-order valence-corrected chi connectivity index (χ3v) is 6.55. The second-order valence-electron chi connectivity index (χ2n) is 10.1. The van der Waals surface area contributed by atoms with Crippen LogP contribution < -0.4 is 10.2 Å². The Kier molecular flexibility index (Phi) is 5.61. The highest BCUT2D eigenvalue weighted by Crippen LogP contribution is 2.44. The number of nitrogens with one attached hydrogen (secondary N) is 1. The van der Waals surface area contributed by atoms with Gasteiger partial charge in [0, 0.05) is 17.3 Å². The van der Waals surface area contributed by atoms with Crippen LogP contribution in [0.15, 0.2) is 48.2 Å². The van der Waals surface area contributed by atoms with Crippen LogP contribution in [0.3, 0.4) is 0 Å². The molecule has 2 aromatic carbocycles. The van der Waals surface area contributed by atoms with E-state index in [9.17, 15) is 9.59 Å². The number of imide groups is 1. The van der Waals surface area contributed by atoms with E-state index in [-0.39, 0.29) is 24.0 Å². The Labute approximate surface area is 191 Å². The normalized spacial score (nSPS) is 21.3. The van der Waals surface area contributed by atoms with Gasteiger partial charge in [0.1, 0.15) is 5.70 Å². The molecule has 2 aliphatic rings. The van der Waals surface area contributed by atoms with Crippen LogP contribution in [-0.4, -0.2) is 28.4 Å². The molecule has 32 heavy (non-hydrogen) atoms. The molecule has 3 amide bonds. The van der Waals surface area contributed by atoms with Crippen LogP contribution in [0.2, 0.25) is 0 Å². The number of amides is 3. The van der Waals surface area contributed by atoms with E-state index < -0.39 is 0 Å². The fourth-order valence-corrected chi connectivity index (χ4v) is 5.30. The summed E-state index contributed by atoms with van der Waals surface area (Å²) in [7, 11) is 0. The van der Waals surface area contributed by atoms with Gasteiger partial charge in [0.2, 0.25) is 0 Å². The van der Waals surface area contributed by atoms with Crippen molar-refractivity contribution >= 4 is 23.7 Å². The van der Waals surface area contributed by atoms with Crippen molar-refractivity contribution in [2.75, 3.05) is 4.90 Å². The van der Waals surface area contributed by atoms with Crippen molar-refractivity contribution in [2.24, 2.45) is 0 Å². The molecule has 1 atom stereocenters. The highest BCUT2D eigenvalue weighted by atomic mass is 16.2. The lowest BCUT2D eigenvalue weighted by Gasteiger charge is -2.50. The summed E-state index contributed by atoms with van der Waals surface area (Å²) in [5, 5.41) is 2.75. The van der Waals surface area contributed by atoms with E-state index in [1.807, 2.05) is 37.3 Å². The van der Waals surface area contributed by atoms with Gasteiger partial charge in [0.25, 0.3) is 5.91 Å². The molecular formula is C27H33N3O2. The van der Waals surface area contributed by atoms with E-state index in [2.05, 4.69) is 57.0 Å². The number of urea groups is 1. The number of hydrogen-bond donors (Lipinski definition) is 1. The average Bonchev–Trinajstić information content (AvgIpc) is 2.96. The first kappa shape index (κ1) is 22.1. The minimum Gasteiger partial charge on any atom is -0.364 e. The highest BCUT2D eigenvalue weighted by Gasteiger charge is 2.38. The van der Waals surface area contributed by atoms with E-state index in [1.165, 1.54) is 16.2 Å². The Balaban J connectivity index is 1.61. The molecule has 2 aliphatic heterocycles. The quantitative estimate of drug-likeness (QED) is 0.507. The van der Waals surface area contributed by atoms with Gasteiger partial charge in [-0.2, -0.15) is 0 Å². The number of fused-ring (bicyclic) bond motifs is 1. The number of hydrogen-bond acceptors (Lipinski definition) is 3. The van der Waals surface area contributed by atoms with Gasteiger partial charge < -0.3 is 10.2 Å². The van der Waals surface area contributed by atoms with Gasteiger partial charge in [-0.1, -0.05) is 42.8 Å². The molecular weight excluding hydrogens is 398 g/mol. The van der Waals surface area contributed by atoms with E-state index in [0.29, 0.717) is 17.7 Å². The lowest BCUT2D eigenvalue weighted by Crippen LogP contribution is -2.51. The topological polar surface area (TPSA) is 52.7 Å². The lowest BCUT2D eigenvalue weighted by atomic mass is 9.79. The van der Waals surface area contributed by atoms with Gasteiger partial charge in [-0.15, -0.1) is 0 Å². The van der Waals surface area contributed by atoms with E-state index in [4.69, 9.17) is 0 Å². The third-order valence-electron chi connectivity index (χ3n) is 6.55. The summed E-state index contributed by atoms with van der Waals surface area (Å²) in [6, 6.07) is 14.3. The van der Waals surface area contributed by atoms with Gasteiger partial charge in [0.05, 0.1) is 6.54 Å².